The lowest BCUT2D eigenvalue weighted by molar-refractivity contribution is -0.119. The van der Waals surface area contributed by atoms with Crippen molar-refractivity contribution in [2.75, 3.05) is 0 Å². The second-order valence-electron chi connectivity index (χ2n) is 3.90. The van der Waals surface area contributed by atoms with Crippen LogP contribution in [0, 0.1) is 0 Å². The molecule has 0 saturated heterocycles. The van der Waals surface area contributed by atoms with Gasteiger partial charge in [0.15, 0.2) is 0 Å². The first-order valence-electron chi connectivity index (χ1n) is 5.46. The Bertz CT molecular complexity index is 529. The highest BCUT2D eigenvalue weighted by atomic mass is 16.5. The van der Waals surface area contributed by atoms with E-state index in [9.17, 15) is 4.79 Å². The molecule has 2 aromatic heterocycles. The fourth-order valence-corrected chi connectivity index (χ4v) is 1.65. The van der Waals surface area contributed by atoms with E-state index in [0.29, 0.717) is 23.8 Å². The Balaban J connectivity index is 2.29. The maximum atomic E-state index is 11.4. The zero-order valence-electron chi connectivity index (χ0n) is 10.0. The fourth-order valence-electron chi connectivity index (χ4n) is 1.65. The Morgan fingerprint density at radius 3 is 2.88 bits per heavy atom. The van der Waals surface area contributed by atoms with E-state index < -0.39 is 0 Å². The van der Waals surface area contributed by atoms with Crippen LogP contribution in [0.2, 0.25) is 0 Å². The molecule has 1 unspecified atom stereocenters. The topological polar surface area (TPSA) is 73.8 Å². The summed E-state index contributed by atoms with van der Waals surface area (Å²) in [5.74, 6) is 0.490. The number of nitrogens with zero attached hydrogens (tertiary/aromatic N) is 4. The average molecular weight is 234 g/mol. The molecule has 0 saturated carbocycles. The van der Waals surface area contributed by atoms with Crippen LogP contribution in [0.4, 0.5) is 0 Å². The van der Waals surface area contributed by atoms with Gasteiger partial charge in [0.05, 0.1) is 5.92 Å². The van der Waals surface area contributed by atoms with Gasteiger partial charge in [0, 0.05) is 13.2 Å². The van der Waals surface area contributed by atoms with Crippen molar-refractivity contribution in [1.29, 1.82) is 0 Å². The van der Waals surface area contributed by atoms with E-state index in [1.165, 1.54) is 6.92 Å². The summed E-state index contributed by atoms with van der Waals surface area (Å²) in [4.78, 5) is 15.6. The predicted octanol–water partition coefficient (Wildman–Crippen LogP) is 1.55. The minimum absolute atomic E-state index is 0.0312. The van der Waals surface area contributed by atoms with E-state index in [-0.39, 0.29) is 11.7 Å². The molecule has 0 amide bonds. The monoisotopic (exact) mass is 234 g/mol. The summed E-state index contributed by atoms with van der Waals surface area (Å²) in [5, 5.41) is 8.01. The molecule has 6 heteroatoms. The molecule has 0 fully saturated rings. The summed E-state index contributed by atoms with van der Waals surface area (Å²) in [6, 6.07) is 1.79. The molecule has 17 heavy (non-hydrogen) atoms. The Labute approximate surface area is 98.6 Å². The maximum absolute atomic E-state index is 11.4. The number of carbonyl (C=O) groups is 1. The van der Waals surface area contributed by atoms with Crippen LogP contribution in [0.25, 0.3) is 11.5 Å². The molecule has 1 atom stereocenters. The van der Waals surface area contributed by atoms with Crippen molar-refractivity contribution in [3.8, 4) is 11.5 Å². The zero-order valence-corrected chi connectivity index (χ0v) is 10.0. The molecule has 2 rings (SSSR count). The average Bonchev–Trinajstić information content (AvgIpc) is 2.87. The van der Waals surface area contributed by atoms with Gasteiger partial charge in [-0.1, -0.05) is 12.1 Å². The summed E-state index contributed by atoms with van der Waals surface area (Å²) in [6.07, 6.45) is 2.45. The summed E-state index contributed by atoms with van der Waals surface area (Å²) in [7, 11) is 1.81. The van der Waals surface area contributed by atoms with Crippen LogP contribution in [0.1, 0.15) is 32.1 Å². The van der Waals surface area contributed by atoms with Gasteiger partial charge in [-0.2, -0.15) is 10.1 Å². The van der Waals surface area contributed by atoms with Gasteiger partial charge in [-0.05, 0) is 19.4 Å². The van der Waals surface area contributed by atoms with Gasteiger partial charge < -0.3 is 4.52 Å². The first-order chi connectivity index (χ1) is 8.11. The number of carbonyl (C=O) groups excluding carboxylic acids is 1. The molecule has 0 spiro atoms. The largest absolute Gasteiger partial charge is 0.338 e. The normalized spacial score (nSPS) is 12.6. The number of Topliss-reactive ketones (excluding diaryl/α,β-unsaturated/α-hetero) is 1. The van der Waals surface area contributed by atoms with E-state index >= 15 is 0 Å². The Morgan fingerprint density at radius 1 is 1.59 bits per heavy atom. The van der Waals surface area contributed by atoms with Crippen molar-refractivity contribution < 1.29 is 9.32 Å². The lowest BCUT2D eigenvalue weighted by atomic mass is 10.0. The van der Waals surface area contributed by atoms with Gasteiger partial charge in [-0.15, -0.1) is 0 Å². The smallest absolute Gasteiger partial charge is 0.237 e. The van der Waals surface area contributed by atoms with Crippen LogP contribution in [0.5, 0.6) is 0 Å². The van der Waals surface area contributed by atoms with Gasteiger partial charge in [0.25, 0.3) is 0 Å². The molecule has 0 bridgehead atoms. The molecule has 6 nitrogen and oxygen atoms in total. The third-order valence-corrected chi connectivity index (χ3v) is 2.58. The van der Waals surface area contributed by atoms with Crippen LogP contribution in [0.3, 0.4) is 0 Å². The third-order valence-electron chi connectivity index (χ3n) is 2.58. The molecule has 0 aromatic carbocycles. The second-order valence-corrected chi connectivity index (χ2v) is 3.90. The highest BCUT2D eigenvalue weighted by molar-refractivity contribution is 5.82. The molecule has 0 aliphatic heterocycles. The van der Waals surface area contributed by atoms with Crippen LogP contribution in [-0.2, 0) is 11.8 Å². The van der Waals surface area contributed by atoms with Crippen molar-refractivity contribution in [3.63, 3.8) is 0 Å². The van der Waals surface area contributed by atoms with E-state index in [1.54, 1.807) is 16.9 Å². The maximum Gasteiger partial charge on any atom is 0.237 e. The first kappa shape index (κ1) is 11.5. The molecular formula is C11H14N4O2. The molecule has 0 N–H and O–H groups in total. The van der Waals surface area contributed by atoms with Crippen molar-refractivity contribution in [2.45, 2.75) is 26.2 Å². The van der Waals surface area contributed by atoms with Gasteiger partial charge in [-0.25, -0.2) is 0 Å². The van der Waals surface area contributed by atoms with Gasteiger partial charge in [-0.3, -0.25) is 9.48 Å². The van der Waals surface area contributed by atoms with Crippen molar-refractivity contribution in [1.82, 2.24) is 19.9 Å². The molecular weight excluding hydrogens is 220 g/mol. The summed E-state index contributed by atoms with van der Waals surface area (Å²) in [5.41, 5.74) is 0.640. The molecule has 0 aliphatic rings. The van der Waals surface area contributed by atoms with E-state index in [2.05, 4.69) is 15.2 Å². The summed E-state index contributed by atoms with van der Waals surface area (Å²) >= 11 is 0. The van der Waals surface area contributed by atoms with E-state index in [1.807, 2.05) is 14.0 Å². The van der Waals surface area contributed by atoms with Crippen molar-refractivity contribution in [2.24, 2.45) is 7.05 Å². The summed E-state index contributed by atoms with van der Waals surface area (Å²) < 4.78 is 6.77. The van der Waals surface area contributed by atoms with Gasteiger partial charge in [0.1, 0.15) is 11.5 Å². The Morgan fingerprint density at radius 2 is 2.35 bits per heavy atom. The van der Waals surface area contributed by atoms with Gasteiger partial charge in [0.2, 0.25) is 11.7 Å². The lowest BCUT2D eigenvalue weighted by Crippen LogP contribution is -2.07. The number of ketones is 1. The highest BCUT2D eigenvalue weighted by Crippen LogP contribution is 2.21. The number of aromatic nitrogens is 4. The highest BCUT2D eigenvalue weighted by Gasteiger charge is 2.22. The summed E-state index contributed by atoms with van der Waals surface area (Å²) in [6.45, 7) is 3.44. The minimum atomic E-state index is -0.319. The number of hydrogen-bond donors (Lipinski definition) is 0. The van der Waals surface area contributed by atoms with Crippen LogP contribution < -0.4 is 0 Å². The number of aryl methyl sites for hydroxylation is 1. The number of rotatable bonds is 4. The quantitative estimate of drug-likeness (QED) is 0.802. The van der Waals surface area contributed by atoms with E-state index in [0.717, 1.165) is 0 Å². The van der Waals surface area contributed by atoms with E-state index in [4.69, 9.17) is 4.52 Å². The van der Waals surface area contributed by atoms with Crippen molar-refractivity contribution >= 4 is 5.78 Å². The number of hydrogen-bond acceptors (Lipinski definition) is 5. The molecule has 0 radical (unpaired) electrons. The predicted molar refractivity (Wildman–Crippen MR) is 60.2 cm³/mol. The molecule has 0 aliphatic carbocycles. The zero-order chi connectivity index (χ0) is 12.4. The lowest BCUT2D eigenvalue weighted by Gasteiger charge is -2.03. The van der Waals surface area contributed by atoms with Crippen LogP contribution in [-0.4, -0.2) is 25.7 Å². The fraction of sp³-hybridized carbons (Fsp3) is 0.455. The third kappa shape index (κ3) is 2.25. The standard InChI is InChI=1S/C11H14N4O2/c1-4-8(7(2)16)11-12-10(14-17-11)9-5-6-15(3)13-9/h5-6,8H,4H2,1-3H3. The van der Waals surface area contributed by atoms with Crippen LogP contribution >= 0.6 is 0 Å². The minimum Gasteiger partial charge on any atom is -0.338 e. The molecule has 90 valence electrons. The SMILES string of the molecule is CCC(C(C)=O)c1nc(-c2ccn(C)n2)no1. The first-order valence-corrected chi connectivity index (χ1v) is 5.46. The van der Waals surface area contributed by atoms with Gasteiger partial charge >= 0.3 is 0 Å². The van der Waals surface area contributed by atoms with Crippen LogP contribution in [0.15, 0.2) is 16.8 Å². The molecule has 2 aromatic rings. The Kier molecular flexibility index (Phi) is 3.03. The molecule has 2 heterocycles. The van der Waals surface area contributed by atoms with Crippen molar-refractivity contribution in [3.05, 3.63) is 18.2 Å². The second kappa shape index (κ2) is 4.48. The Hall–Kier alpha value is -1.98.